The van der Waals surface area contributed by atoms with Gasteiger partial charge in [0.15, 0.2) is 9.84 Å². The number of carbonyl (C=O) groups is 2. The molecule has 2 heterocycles. The fourth-order valence-electron chi connectivity index (χ4n) is 3.06. The predicted molar refractivity (Wildman–Crippen MR) is 106 cm³/mol. The Bertz CT molecular complexity index is 970. The molecule has 1 fully saturated rings. The van der Waals surface area contributed by atoms with Crippen LogP contribution in [0.3, 0.4) is 0 Å². The van der Waals surface area contributed by atoms with Crippen LogP contribution in [-0.4, -0.2) is 55.8 Å². The van der Waals surface area contributed by atoms with Gasteiger partial charge in [0.25, 0.3) is 5.91 Å². The second-order valence-electron chi connectivity index (χ2n) is 6.66. The second-order valence-corrected chi connectivity index (χ2v) is 9.97. The van der Waals surface area contributed by atoms with Gasteiger partial charge in [0.05, 0.1) is 22.9 Å². The number of likely N-dealkylation sites (N-methyl/N-ethyl adjacent to an activating group) is 1. The highest BCUT2D eigenvalue weighted by molar-refractivity contribution is 7.91. The van der Waals surface area contributed by atoms with E-state index in [4.69, 9.17) is 0 Å². The maximum atomic E-state index is 13.1. The molecule has 1 aliphatic heterocycles. The van der Waals surface area contributed by atoms with E-state index in [0.717, 1.165) is 10.4 Å². The van der Waals surface area contributed by atoms with Crippen molar-refractivity contribution < 1.29 is 22.4 Å². The zero-order valence-electron chi connectivity index (χ0n) is 15.4. The summed E-state index contributed by atoms with van der Waals surface area (Å²) in [6.07, 6.45) is 0.403. The van der Waals surface area contributed by atoms with Crippen LogP contribution in [0, 0.1) is 5.82 Å². The molecule has 150 valence electrons. The minimum Gasteiger partial charge on any atom is -0.351 e. The molecule has 1 aromatic carbocycles. The number of benzene rings is 1. The lowest BCUT2D eigenvalue weighted by molar-refractivity contribution is -0.122. The zero-order chi connectivity index (χ0) is 20.3. The lowest BCUT2D eigenvalue weighted by Gasteiger charge is -2.21. The van der Waals surface area contributed by atoms with Crippen molar-refractivity contribution in [2.24, 2.45) is 0 Å². The first-order valence-electron chi connectivity index (χ1n) is 8.92. The molecule has 0 spiro atoms. The highest BCUT2D eigenvalue weighted by Gasteiger charge is 2.29. The average Bonchev–Trinajstić information content (AvgIpc) is 3.26. The van der Waals surface area contributed by atoms with Crippen LogP contribution in [0.1, 0.15) is 23.0 Å². The fourth-order valence-corrected chi connectivity index (χ4v) is 5.71. The molecule has 28 heavy (non-hydrogen) atoms. The van der Waals surface area contributed by atoms with Crippen LogP contribution in [-0.2, 0) is 14.6 Å². The second kappa shape index (κ2) is 8.40. The normalized spacial score (nSPS) is 18.0. The Kier molecular flexibility index (Phi) is 6.14. The third kappa shape index (κ3) is 4.96. The smallest absolute Gasteiger partial charge is 0.264 e. The minimum absolute atomic E-state index is 0.0508. The molecule has 3 rings (SSSR count). The zero-order valence-corrected chi connectivity index (χ0v) is 17.0. The van der Waals surface area contributed by atoms with Crippen molar-refractivity contribution in [2.45, 2.75) is 19.4 Å². The average molecular weight is 425 g/mol. The number of nitrogens with one attached hydrogen (secondary N) is 1. The molecule has 0 radical (unpaired) electrons. The fraction of sp³-hybridized carbons (Fsp3) is 0.368. The largest absolute Gasteiger partial charge is 0.351 e. The first-order valence-corrected chi connectivity index (χ1v) is 11.6. The van der Waals surface area contributed by atoms with Crippen LogP contribution >= 0.6 is 11.3 Å². The monoisotopic (exact) mass is 424 g/mol. The van der Waals surface area contributed by atoms with Crippen molar-refractivity contribution in [2.75, 3.05) is 24.6 Å². The molecule has 0 saturated carbocycles. The summed E-state index contributed by atoms with van der Waals surface area (Å²) in [4.78, 5) is 27.7. The van der Waals surface area contributed by atoms with E-state index >= 15 is 0 Å². The minimum atomic E-state index is -3.08. The summed E-state index contributed by atoms with van der Waals surface area (Å²) in [6, 6.07) is 9.12. The van der Waals surface area contributed by atoms with Gasteiger partial charge in [-0.1, -0.05) is 12.1 Å². The maximum Gasteiger partial charge on any atom is 0.264 e. The van der Waals surface area contributed by atoms with Crippen molar-refractivity contribution in [1.82, 2.24) is 10.2 Å². The Morgan fingerprint density at radius 1 is 1.21 bits per heavy atom. The number of thiophene rings is 1. The Morgan fingerprint density at radius 2 is 1.93 bits per heavy atom. The van der Waals surface area contributed by atoms with Crippen molar-refractivity contribution >= 4 is 33.0 Å². The first-order chi connectivity index (χ1) is 13.3. The Morgan fingerprint density at radius 3 is 2.54 bits per heavy atom. The van der Waals surface area contributed by atoms with Crippen molar-refractivity contribution in [3.8, 4) is 10.4 Å². The molecular weight excluding hydrogens is 403 g/mol. The van der Waals surface area contributed by atoms with Gasteiger partial charge in [-0.15, -0.1) is 11.3 Å². The number of sulfone groups is 1. The molecule has 9 heteroatoms. The molecule has 1 aromatic heterocycles. The van der Waals surface area contributed by atoms with Gasteiger partial charge in [-0.05, 0) is 43.2 Å². The van der Waals surface area contributed by atoms with Crippen LogP contribution in [0.5, 0.6) is 0 Å². The third-order valence-corrected chi connectivity index (χ3v) is 7.44. The third-order valence-electron chi connectivity index (χ3n) is 4.55. The molecule has 2 amide bonds. The lowest BCUT2D eigenvalue weighted by Crippen LogP contribution is -2.44. The van der Waals surface area contributed by atoms with E-state index in [2.05, 4.69) is 5.32 Å². The highest BCUT2D eigenvalue weighted by Crippen LogP contribution is 2.29. The Hall–Kier alpha value is -2.26. The van der Waals surface area contributed by atoms with Gasteiger partial charge >= 0.3 is 0 Å². The van der Waals surface area contributed by atoms with Gasteiger partial charge in [-0.25, -0.2) is 12.8 Å². The summed E-state index contributed by atoms with van der Waals surface area (Å²) in [5, 5.41) is 2.70. The maximum absolute atomic E-state index is 13.1. The highest BCUT2D eigenvalue weighted by atomic mass is 32.2. The van der Waals surface area contributed by atoms with Crippen LogP contribution in [0.15, 0.2) is 36.4 Å². The molecule has 0 bridgehead atoms. The van der Waals surface area contributed by atoms with Crippen molar-refractivity contribution in [3.05, 3.63) is 47.1 Å². The molecule has 1 unspecified atom stereocenters. The number of hydrogen-bond acceptors (Lipinski definition) is 5. The van der Waals surface area contributed by atoms with E-state index in [1.54, 1.807) is 31.2 Å². The number of hydrogen-bond donors (Lipinski definition) is 1. The van der Waals surface area contributed by atoms with Gasteiger partial charge in [0.1, 0.15) is 5.82 Å². The van der Waals surface area contributed by atoms with E-state index in [-0.39, 0.29) is 35.7 Å². The first kappa shape index (κ1) is 20.5. The standard InChI is InChI=1S/C19H21FN2O4S2/c1-2-22(11-18(23)21-15-9-10-28(25,26)12-15)19(24)17-8-7-16(27-17)13-3-5-14(20)6-4-13/h3-8,15H,2,9-12H2,1H3,(H,21,23). The Balaban J connectivity index is 1.63. The van der Waals surface area contributed by atoms with Crippen LogP contribution in [0.25, 0.3) is 10.4 Å². The number of halogens is 1. The van der Waals surface area contributed by atoms with Gasteiger partial charge in [0, 0.05) is 17.5 Å². The van der Waals surface area contributed by atoms with Gasteiger partial charge in [0.2, 0.25) is 5.91 Å². The summed E-state index contributed by atoms with van der Waals surface area (Å²) in [5.41, 5.74) is 0.814. The topological polar surface area (TPSA) is 83.6 Å². The Labute approximate surface area is 167 Å². The molecule has 1 N–H and O–H groups in total. The number of carbonyl (C=O) groups excluding carboxylic acids is 2. The number of amides is 2. The van der Waals surface area contributed by atoms with E-state index in [9.17, 15) is 22.4 Å². The van der Waals surface area contributed by atoms with Gasteiger partial charge < -0.3 is 10.2 Å². The molecule has 6 nitrogen and oxygen atoms in total. The quantitative estimate of drug-likeness (QED) is 0.771. The van der Waals surface area contributed by atoms with Crippen molar-refractivity contribution in [3.63, 3.8) is 0 Å². The summed E-state index contributed by atoms with van der Waals surface area (Å²) >= 11 is 1.28. The van der Waals surface area contributed by atoms with Gasteiger partial charge in [-0.3, -0.25) is 9.59 Å². The SMILES string of the molecule is CCN(CC(=O)NC1CCS(=O)(=O)C1)C(=O)c1ccc(-c2ccc(F)cc2)s1. The van der Waals surface area contributed by atoms with E-state index in [1.165, 1.54) is 28.4 Å². The van der Waals surface area contributed by atoms with E-state index < -0.39 is 15.9 Å². The summed E-state index contributed by atoms with van der Waals surface area (Å²) in [6.45, 7) is 1.99. The molecule has 1 saturated heterocycles. The lowest BCUT2D eigenvalue weighted by atomic mass is 10.2. The molecule has 1 atom stereocenters. The van der Waals surface area contributed by atoms with Crippen LogP contribution < -0.4 is 5.32 Å². The molecule has 1 aliphatic rings. The summed E-state index contributed by atoms with van der Waals surface area (Å²) in [7, 11) is -3.08. The van der Waals surface area contributed by atoms with Crippen molar-refractivity contribution in [1.29, 1.82) is 0 Å². The van der Waals surface area contributed by atoms with Crippen LogP contribution in [0.4, 0.5) is 4.39 Å². The predicted octanol–water partition coefficient (Wildman–Crippen LogP) is 2.32. The number of rotatable bonds is 6. The summed E-state index contributed by atoms with van der Waals surface area (Å²) in [5.74, 6) is -0.932. The molecule has 2 aromatic rings. The van der Waals surface area contributed by atoms with E-state index in [1.807, 2.05) is 0 Å². The number of nitrogens with zero attached hydrogens (tertiary/aromatic N) is 1. The van der Waals surface area contributed by atoms with Crippen LogP contribution in [0.2, 0.25) is 0 Å². The van der Waals surface area contributed by atoms with E-state index in [0.29, 0.717) is 17.8 Å². The molecule has 0 aliphatic carbocycles. The molecular formula is C19H21FN2O4S2. The summed E-state index contributed by atoms with van der Waals surface area (Å²) < 4.78 is 36.1. The van der Waals surface area contributed by atoms with Gasteiger partial charge in [-0.2, -0.15) is 0 Å².